The molecule has 2 saturated heterocycles. The fourth-order valence-corrected chi connectivity index (χ4v) is 10.7. The lowest BCUT2D eigenvalue weighted by atomic mass is 9.97. The van der Waals surface area contributed by atoms with Crippen LogP contribution in [0.4, 0.5) is 10.5 Å². The average Bonchev–Trinajstić information content (AvgIpc) is 4.21. The smallest absolute Gasteiger partial charge is 0.416 e. The number of benzene rings is 3. The van der Waals surface area contributed by atoms with Gasteiger partial charge in [0.05, 0.1) is 49.7 Å². The number of ether oxygens (including phenoxy) is 4. The SMILES string of the molecule is COc1cc2c(cc1OCCCCCOc1cc3c(cc1C)C(=O)N1CC4(CC4)C[C@H]1[C@H](O)N3C(=O)OCc1ccc(CC(=O)[C@H](C)NC(=O)[C@@H](N)C(C)C)cc1)CC[C@@H]1CC3(CC3)CN1C2=O. The molecule has 68 heavy (non-hydrogen) atoms. The van der Waals surface area contributed by atoms with Crippen LogP contribution in [-0.4, -0.2) is 108 Å². The third kappa shape index (κ3) is 9.65. The summed E-state index contributed by atoms with van der Waals surface area (Å²) in [6.07, 6.45) is 8.16. The number of carbonyl (C=O) groups excluding carboxylic acids is 5. The lowest BCUT2D eigenvalue weighted by Gasteiger charge is -2.31. The van der Waals surface area contributed by atoms with Gasteiger partial charge < -0.3 is 44.9 Å². The second-order valence-corrected chi connectivity index (χ2v) is 20.9. The van der Waals surface area contributed by atoms with Gasteiger partial charge in [-0.05, 0) is 142 Å². The van der Waals surface area contributed by atoms with E-state index in [1.54, 1.807) is 55.3 Å². The fourth-order valence-electron chi connectivity index (χ4n) is 10.7. The number of nitrogens with two attached hydrogens (primary N) is 1. The molecule has 3 aromatic rings. The van der Waals surface area contributed by atoms with Gasteiger partial charge in [-0.1, -0.05) is 38.1 Å². The average molecular weight is 934 g/mol. The molecule has 4 N–H and O–H groups in total. The molecule has 0 aromatic heterocycles. The van der Waals surface area contributed by atoms with Crippen molar-refractivity contribution in [3.05, 3.63) is 81.9 Å². The van der Waals surface area contributed by atoms with Gasteiger partial charge in [-0.15, -0.1) is 0 Å². The van der Waals surface area contributed by atoms with Crippen molar-refractivity contribution in [2.45, 2.75) is 142 Å². The Morgan fingerprint density at radius 1 is 0.824 bits per heavy atom. The van der Waals surface area contributed by atoms with Gasteiger partial charge in [-0.3, -0.25) is 19.2 Å². The molecule has 4 heterocycles. The highest BCUT2D eigenvalue weighted by atomic mass is 16.6. The molecule has 2 spiro atoms. The number of carbonyl (C=O) groups is 5. The minimum absolute atomic E-state index is 0.0330. The Balaban J connectivity index is 0.808. The van der Waals surface area contributed by atoms with Crippen LogP contribution >= 0.6 is 0 Å². The summed E-state index contributed by atoms with van der Waals surface area (Å²) in [6.45, 7) is 9.32. The van der Waals surface area contributed by atoms with Crippen LogP contribution in [0.15, 0.2) is 48.5 Å². The van der Waals surface area contributed by atoms with E-state index in [0.29, 0.717) is 66.0 Å². The van der Waals surface area contributed by atoms with Crippen LogP contribution in [0.25, 0.3) is 0 Å². The van der Waals surface area contributed by atoms with E-state index in [-0.39, 0.29) is 53.6 Å². The van der Waals surface area contributed by atoms with Crippen molar-refractivity contribution in [1.29, 1.82) is 0 Å². The number of Topliss-reactive ketones (excluding diaryl/α,β-unsaturated/α-hetero) is 1. The zero-order valence-electron chi connectivity index (χ0n) is 40.1. The number of hydrogen-bond acceptors (Lipinski definition) is 11. The van der Waals surface area contributed by atoms with Gasteiger partial charge in [0.15, 0.2) is 23.5 Å². The number of hydrogen-bond donors (Lipinski definition) is 3. The number of ketones is 1. The Morgan fingerprint density at radius 2 is 1.47 bits per heavy atom. The summed E-state index contributed by atoms with van der Waals surface area (Å²) in [5.41, 5.74) is 10.7. The molecular formula is C53H67N5O10. The Labute approximate surface area is 399 Å². The molecule has 0 bridgehead atoms. The first-order valence-corrected chi connectivity index (χ1v) is 24.6. The summed E-state index contributed by atoms with van der Waals surface area (Å²) >= 11 is 0. The first kappa shape index (κ1) is 47.4. The number of fused-ring (bicyclic) bond motifs is 4. The number of nitrogens with one attached hydrogen (secondary N) is 1. The number of amides is 4. The number of anilines is 1. The molecule has 15 nitrogen and oxygen atoms in total. The summed E-state index contributed by atoms with van der Waals surface area (Å²) in [5, 5.41) is 14.7. The summed E-state index contributed by atoms with van der Waals surface area (Å²) < 4.78 is 24.1. The van der Waals surface area contributed by atoms with Gasteiger partial charge >= 0.3 is 6.09 Å². The summed E-state index contributed by atoms with van der Waals surface area (Å²) in [6, 6.07) is 12.6. The first-order valence-electron chi connectivity index (χ1n) is 24.6. The highest BCUT2D eigenvalue weighted by Gasteiger charge is 2.58. The van der Waals surface area contributed by atoms with E-state index in [1.165, 1.54) is 17.7 Å². The summed E-state index contributed by atoms with van der Waals surface area (Å²) in [5.74, 6) is 0.985. The van der Waals surface area contributed by atoms with E-state index in [4.69, 9.17) is 24.7 Å². The molecule has 4 aliphatic heterocycles. The Kier molecular flexibility index (Phi) is 13.3. The summed E-state index contributed by atoms with van der Waals surface area (Å²) in [7, 11) is 1.60. The number of nitrogens with zero attached hydrogens (tertiary/aromatic N) is 3. The number of aryl methyl sites for hydroxylation is 2. The third-order valence-corrected chi connectivity index (χ3v) is 15.5. The van der Waals surface area contributed by atoms with E-state index in [9.17, 15) is 29.1 Å². The second kappa shape index (κ2) is 19.0. The van der Waals surface area contributed by atoms with Gasteiger partial charge in [0.25, 0.3) is 11.8 Å². The maximum atomic E-state index is 14.2. The van der Waals surface area contributed by atoms with Crippen molar-refractivity contribution in [3.8, 4) is 17.2 Å². The van der Waals surface area contributed by atoms with Crippen LogP contribution < -0.4 is 30.2 Å². The van der Waals surface area contributed by atoms with E-state index >= 15 is 0 Å². The number of methoxy groups -OCH3 is 1. The number of aliphatic hydroxyl groups is 1. The predicted molar refractivity (Wildman–Crippen MR) is 254 cm³/mol. The quantitative estimate of drug-likeness (QED) is 0.123. The molecular weight excluding hydrogens is 867 g/mol. The topological polar surface area (TPSA) is 190 Å². The van der Waals surface area contributed by atoms with Crippen LogP contribution in [0, 0.1) is 23.7 Å². The van der Waals surface area contributed by atoms with Gasteiger partial charge in [0, 0.05) is 37.2 Å². The van der Waals surface area contributed by atoms with Crippen molar-refractivity contribution < 1.29 is 48.0 Å². The Hall–Kier alpha value is -5.67. The lowest BCUT2D eigenvalue weighted by molar-refractivity contribution is -0.128. The molecule has 364 valence electrons. The lowest BCUT2D eigenvalue weighted by Crippen LogP contribution is -2.50. The largest absolute Gasteiger partial charge is 0.493 e. The summed E-state index contributed by atoms with van der Waals surface area (Å²) in [4.78, 5) is 72.3. The van der Waals surface area contributed by atoms with E-state index < -0.39 is 30.4 Å². The van der Waals surface area contributed by atoms with Gasteiger partial charge in [0.1, 0.15) is 12.4 Å². The fraction of sp³-hybridized carbons (Fsp3) is 0.566. The zero-order valence-corrected chi connectivity index (χ0v) is 40.1. The van der Waals surface area contributed by atoms with Crippen molar-refractivity contribution in [1.82, 2.24) is 15.1 Å². The third-order valence-electron chi connectivity index (χ3n) is 15.5. The van der Waals surface area contributed by atoms with Gasteiger partial charge in [-0.25, -0.2) is 9.69 Å². The highest BCUT2D eigenvalue weighted by Crippen LogP contribution is 2.57. The Morgan fingerprint density at radius 3 is 2.15 bits per heavy atom. The zero-order chi connectivity index (χ0) is 48.1. The second-order valence-electron chi connectivity index (χ2n) is 20.9. The maximum absolute atomic E-state index is 14.2. The van der Waals surface area contributed by atoms with Crippen molar-refractivity contribution in [3.63, 3.8) is 0 Å². The van der Waals surface area contributed by atoms with Crippen molar-refractivity contribution in [2.24, 2.45) is 22.5 Å². The van der Waals surface area contributed by atoms with Gasteiger partial charge in [-0.2, -0.15) is 0 Å². The standard InChI is InChI=1S/C53H67N5O10/c1-31(2)46(54)47(60)55-33(4)42(59)22-34-9-11-35(12-10-34)28-68-51(64)58-40-25-43(32(3)21-39(40)49(62)57-30-53(17-18-53)27-41(57)50(58)63)66-19-7-6-8-20-67-45-23-36-13-14-37-26-52(15-16-52)29-56(37)48(61)38(36)24-44(45)65-5/h9-12,21,23-25,31,33,37,41,46,50,63H,6-8,13-20,22,26-30,54H2,1-5H3,(H,55,60)/t33-,37+,41-,46-,50-/m0/s1. The van der Waals surface area contributed by atoms with E-state index in [0.717, 1.165) is 80.2 Å². The van der Waals surface area contributed by atoms with Crippen LogP contribution in [0.5, 0.6) is 17.2 Å². The minimum atomic E-state index is -1.35. The molecule has 6 aliphatic rings. The first-order chi connectivity index (χ1) is 32.6. The van der Waals surface area contributed by atoms with E-state index in [1.807, 2.05) is 32.9 Å². The minimum Gasteiger partial charge on any atom is -0.493 e. The van der Waals surface area contributed by atoms with Crippen LogP contribution in [0.3, 0.4) is 0 Å². The van der Waals surface area contributed by atoms with Crippen LogP contribution in [-0.2, 0) is 33.8 Å². The van der Waals surface area contributed by atoms with Crippen molar-refractivity contribution in [2.75, 3.05) is 38.3 Å². The molecule has 4 fully saturated rings. The predicted octanol–water partition coefficient (Wildman–Crippen LogP) is 6.64. The Bertz CT molecular complexity index is 2450. The molecule has 0 radical (unpaired) electrons. The molecule has 3 aromatic carbocycles. The van der Waals surface area contributed by atoms with E-state index in [2.05, 4.69) is 10.2 Å². The highest BCUT2D eigenvalue weighted by molar-refractivity contribution is 6.06. The molecule has 5 atom stereocenters. The van der Waals surface area contributed by atoms with Crippen molar-refractivity contribution >= 4 is 35.3 Å². The van der Waals surface area contributed by atoms with Crippen LogP contribution in [0.2, 0.25) is 0 Å². The number of unbranched alkanes of at least 4 members (excludes halogenated alkanes) is 2. The molecule has 4 amide bonds. The maximum Gasteiger partial charge on any atom is 0.416 e. The number of aliphatic hydroxyl groups excluding tert-OH is 1. The molecule has 2 aliphatic carbocycles. The van der Waals surface area contributed by atoms with Crippen LogP contribution in [0.1, 0.15) is 128 Å². The number of rotatable bonds is 17. The molecule has 2 saturated carbocycles. The normalized spacial score (nSPS) is 22.4. The molecule has 0 unspecified atom stereocenters. The monoisotopic (exact) mass is 933 g/mol. The molecule has 9 rings (SSSR count). The van der Waals surface area contributed by atoms with Gasteiger partial charge in [0.2, 0.25) is 5.91 Å². The molecule has 15 heteroatoms.